The van der Waals surface area contributed by atoms with Gasteiger partial charge in [-0.2, -0.15) is 4.31 Å². The molecule has 0 fully saturated rings. The lowest BCUT2D eigenvalue weighted by Crippen LogP contribution is -2.43. The van der Waals surface area contributed by atoms with E-state index < -0.39 is 10.0 Å². The van der Waals surface area contributed by atoms with E-state index in [2.05, 4.69) is 0 Å². The minimum absolute atomic E-state index is 0.0463. The Hall–Kier alpha value is -3.44. The minimum atomic E-state index is -4.00. The van der Waals surface area contributed by atoms with Gasteiger partial charge in [0.1, 0.15) is 0 Å². The Kier molecular flexibility index (Phi) is 7.94. The highest BCUT2D eigenvalue weighted by atomic mass is 32.2. The number of methoxy groups -OCH3 is 1. The number of amides is 1. The molecule has 4 aromatic rings. The van der Waals surface area contributed by atoms with Gasteiger partial charge in [-0.15, -0.1) is 11.3 Å². The third-order valence-electron chi connectivity index (χ3n) is 6.31. The Morgan fingerprint density at radius 2 is 1.79 bits per heavy atom. The third kappa shape index (κ3) is 5.68. The number of hydrogen-bond acceptors (Lipinski definition) is 7. The van der Waals surface area contributed by atoms with E-state index in [1.165, 1.54) is 11.4 Å². The molecule has 0 radical (unpaired) electrons. The highest BCUT2D eigenvalue weighted by Gasteiger charge is 2.30. The predicted molar refractivity (Wildman–Crippen MR) is 146 cm³/mol. The lowest BCUT2D eigenvalue weighted by Gasteiger charge is -2.27. The lowest BCUT2D eigenvalue weighted by molar-refractivity contribution is -0.132. The van der Waals surface area contributed by atoms with Crippen molar-refractivity contribution in [1.29, 1.82) is 0 Å². The second-order valence-corrected chi connectivity index (χ2v) is 11.8. The molecule has 1 aliphatic rings. The van der Waals surface area contributed by atoms with Gasteiger partial charge in [-0.05, 0) is 40.6 Å². The quantitative estimate of drug-likeness (QED) is 0.273. The first-order chi connectivity index (χ1) is 18.5. The Balaban J connectivity index is 1.44. The van der Waals surface area contributed by atoms with Crippen LogP contribution in [0.4, 0.5) is 0 Å². The zero-order valence-corrected chi connectivity index (χ0v) is 22.5. The monoisotopic (exact) mass is 552 g/mol. The van der Waals surface area contributed by atoms with Crippen LogP contribution in [0.25, 0.3) is 10.8 Å². The number of fused-ring (bicyclic) bond motifs is 2. The van der Waals surface area contributed by atoms with Gasteiger partial charge in [0.25, 0.3) is 0 Å². The number of thiophene rings is 1. The summed E-state index contributed by atoms with van der Waals surface area (Å²) in [7, 11) is -2.49. The molecule has 0 bridgehead atoms. The van der Waals surface area contributed by atoms with Crippen LogP contribution < -0.4 is 9.47 Å². The molecule has 0 atom stereocenters. The molecular weight excluding hydrogens is 524 g/mol. The Bertz CT molecular complexity index is 1520. The summed E-state index contributed by atoms with van der Waals surface area (Å²) >= 11 is 1.55. The maximum absolute atomic E-state index is 13.9. The average Bonchev–Trinajstić information content (AvgIpc) is 3.62. The van der Waals surface area contributed by atoms with Crippen LogP contribution in [0, 0.1) is 0 Å². The summed E-state index contributed by atoms with van der Waals surface area (Å²) in [6.07, 6.45) is 0. The van der Waals surface area contributed by atoms with Gasteiger partial charge in [-0.1, -0.05) is 48.5 Å². The van der Waals surface area contributed by atoms with Crippen LogP contribution in [0.5, 0.6) is 11.5 Å². The van der Waals surface area contributed by atoms with E-state index >= 15 is 0 Å². The molecule has 1 aromatic heterocycles. The number of carbonyl (C=O) groups excluding carboxylic acids is 1. The summed E-state index contributed by atoms with van der Waals surface area (Å²) in [6.45, 7) is 0.703. The molecule has 0 N–H and O–H groups in total. The number of rotatable bonds is 11. The summed E-state index contributed by atoms with van der Waals surface area (Å²) in [5, 5.41) is 3.38. The van der Waals surface area contributed by atoms with Crippen LogP contribution in [-0.2, 0) is 32.6 Å². The van der Waals surface area contributed by atoms with E-state index in [-0.39, 0.29) is 37.3 Å². The second kappa shape index (κ2) is 11.5. The largest absolute Gasteiger partial charge is 0.454 e. The van der Waals surface area contributed by atoms with Gasteiger partial charge < -0.3 is 19.1 Å². The van der Waals surface area contributed by atoms with Gasteiger partial charge in [0.05, 0.1) is 24.6 Å². The number of ether oxygens (including phenoxy) is 3. The number of hydrogen-bond donors (Lipinski definition) is 0. The standard InChI is InChI=1S/C28H28N2O6S2/c1-34-14-13-30(38(32,33)27-10-4-7-22-6-2-3-9-24(22)27)19-28(31)29(18-23-8-5-15-37-23)17-21-11-12-25-26(16-21)36-20-35-25/h2-12,15-16H,13-14,17-20H2,1H3. The van der Waals surface area contributed by atoms with Gasteiger partial charge in [-0.3, -0.25) is 4.79 Å². The maximum atomic E-state index is 13.9. The zero-order valence-electron chi connectivity index (χ0n) is 20.9. The molecular formula is C28H28N2O6S2. The third-order valence-corrected chi connectivity index (χ3v) is 9.08. The molecule has 0 spiro atoms. The van der Waals surface area contributed by atoms with Crippen molar-refractivity contribution in [2.45, 2.75) is 18.0 Å². The van der Waals surface area contributed by atoms with Gasteiger partial charge in [0.2, 0.25) is 22.7 Å². The fourth-order valence-electron chi connectivity index (χ4n) is 4.37. The van der Waals surface area contributed by atoms with Gasteiger partial charge in [-0.25, -0.2) is 8.42 Å². The van der Waals surface area contributed by atoms with Crippen molar-refractivity contribution in [1.82, 2.24) is 9.21 Å². The number of benzene rings is 3. The number of carbonyl (C=O) groups is 1. The molecule has 2 heterocycles. The first-order valence-corrected chi connectivity index (χ1v) is 14.4. The molecule has 8 nitrogen and oxygen atoms in total. The minimum Gasteiger partial charge on any atom is -0.454 e. The van der Waals surface area contributed by atoms with Gasteiger partial charge >= 0.3 is 0 Å². The van der Waals surface area contributed by atoms with Crippen molar-refractivity contribution >= 4 is 38.0 Å². The van der Waals surface area contributed by atoms with Crippen LogP contribution >= 0.6 is 11.3 Å². The molecule has 0 saturated heterocycles. The van der Waals surface area contributed by atoms with Crippen LogP contribution in [-0.4, -0.2) is 57.1 Å². The van der Waals surface area contributed by atoms with Crippen LogP contribution in [0.1, 0.15) is 10.4 Å². The zero-order chi connectivity index (χ0) is 26.5. The van der Waals surface area contributed by atoms with Crippen molar-refractivity contribution in [3.05, 3.63) is 88.6 Å². The summed E-state index contributed by atoms with van der Waals surface area (Å²) < 4.78 is 45.1. The van der Waals surface area contributed by atoms with Gasteiger partial charge in [0.15, 0.2) is 11.5 Å². The Morgan fingerprint density at radius 1 is 0.974 bits per heavy atom. The van der Waals surface area contributed by atoms with Crippen molar-refractivity contribution in [3.63, 3.8) is 0 Å². The fourth-order valence-corrected chi connectivity index (χ4v) is 6.68. The molecule has 10 heteroatoms. The topological polar surface area (TPSA) is 85.4 Å². The summed E-state index contributed by atoms with van der Waals surface area (Å²) in [6, 6.07) is 21.9. The smallest absolute Gasteiger partial charge is 0.244 e. The Morgan fingerprint density at radius 3 is 2.61 bits per heavy atom. The normalized spacial score (nSPS) is 12.8. The van der Waals surface area contributed by atoms with E-state index in [1.807, 2.05) is 53.9 Å². The van der Waals surface area contributed by atoms with E-state index in [1.54, 1.807) is 40.5 Å². The molecule has 0 aliphatic carbocycles. The molecule has 38 heavy (non-hydrogen) atoms. The fraction of sp³-hybridized carbons (Fsp3) is 0.250. The molecule has 198 valence electrons. The molecule has 0 saturated carbocycles. The lowest BCUT2D eigenvalue weighted by atomic mass is 10.1. The van der Waals surface area contributed by atoms with E-state index in [9.17, 15) is 13.2 Å². The SMILES string of the molecule is COCCN(CC(=O)N(Cc1ccc2c(c1)OCO2)Cc1cccs1)S(=O)(=O)c1cccc2ccccc12. The van der Waals surface area contributed by atoms with Crippen molar-refractivity contribution in [3.8, 4) is 11.5 Å². The number of sulfonamides is 1. The van der Waals surface area contributed by atoms with E-state index in [0.717, 1.165) is 15.8 Å². The van der Waals surface area contributed by atoms with Crippen molar-refractivity contribution in [2.24, 2.45) is 0 Å². The predicted octanol–water partition coefficient (Wildman–Crippen LogP) is 4.50. The molecule has 0 unspecified atom stereocenters. The molecule has 5 rings (SSSR count). The molecule has 1 aliphatic heterocycles. The summed E-state index contributed by atoms with van der Waals surface area (Å²) in [5.74, 6) is 0.985. The first-order valence-electron chi connectivity index (χ1n) is 12.1. The molecule has 1 amide bonds. The highest BCUT2D eigenvalue weighted by molar-refractivity contribution is 7.89. The van der Waals surface area contributed by atoms with Gasteiger partial charge in [0, 0.05) is 30.5 Å². The van der Waals surface area contributed by atoms with E-state index in [4.69, 9.17) is 14.2 Å². The molecule has 3 aromatic carbocycles. The van der Waals surface area contributed by atoms with E-state index in [0.29, 0.717) is 30.0 Å². The number of nitrogens with zero attached hydrogens (tertiary/aromatic N) is 2. The van der Waals surface area contributed by atoms with Crippen LogP contribution in [0.15, 0.2) is 83.1 Å². The van der Waals surface area contributed by atoms with Crippen molar-refractivity contribution < 1.29 is 27.4 Å². The maximum Gasteiger partial charge on any atom is 0.244 e. The second-order valence-electron chi connectivity index (χ2n) is 8.83. The summed E-state index contributed by atoms with van der Waals surface area (Å²) in [4.78, 5) is 16.6. The summed E-state index contributed by atoms with van der Waals surface area (Å²) in [5.41, 5.74) is 0.861. The Labute approximate surface area is 226 Å². The van der Waals surface area contributed by atoms with Crippen LogP contribution in [0.2, 0.25) is 0 Å². The highest BCUT2D eigenvalue weighted by Crippen LogP contribution is 2.33. The van der Waals surface area contributed by atoms with Crippen LogP contribution in [0.3, 0.4) is 0 Å². The van der Waals surface area contributed by atoms with Crippen molar-refractivity contribution in [2.75, 3.05) is 33.6 Å². The first kappa shape index (κ1) is 26.2. The average molecular weight is 553 g/mol.